The minimum atomic E-state index is 0.892. The van der Waals surface area contributed by atoms with Gasteiger partial charge in [0.1, 0.15) is 11.6 Å². The number of nitrogens with zero attached hydrogens (tertiary/aromatic N) is 4. The van der Waals surface area contributed by atoms with Crippen molar-refractivity contribution in [2.24, 2.45) is 0 Å². The lowest BCUT2D eigenvalue weighted by molar-refractivity contribution is 1.01. The first kappa shape index (κ1) is 24.9. The van der Waals surface area contributed by atoms with Crippen LogP contribution >= 0.6 is 0 Å². The zero-order valence-electron chi connectivity index (χ0n) is 25.3. The molecule has 0 atom stereocenters. The normalized spacial score (nSPS) is 12.3. The molecule has 5 aromatic heterocycles. The molecule has 0 saturated carbocycles. The molecule has 4 nitrogen and oxygen atoms in total. The Bertz CT molecular complexity index is 3030. The number of para-hydroxylation sites is 4. The van der Waals surface area contributed by atoms with Crippen LogP contribution in [0.4, 0.5) is 0 Å². The highest BCUT2D eigenvalue weighted by atomic mass is 15.1. The van der Waals surface area contributed by atoms with E-state index in [1.165, 1.54) is 59.6 Å². The molecule has 0 N–H and O–H groups in total. The van der Waals surface area contributed by atoms with E-state index in [9.17, 15) is 0 Å². The summed E-state index contributed by atoms with van der Waals surface area (Å²) in [7, 11) is 0. The molecule has 0 fully saturated rings. The van der Waals surface area contributed by atoms with Crippen LogP contribution in [0.5, 0.6) is 0 Å². The maximum Gasteiger partial charge on any atom is 0.140 e. The molecule has 0 radical (unpaired) electrons. The molecular formula is C43H26N4. The van der Waals surface area contributed by atoms with Gasteiger partial charge in [-0.2, -0.15) is 0 Å². The molecule has 0 amide bonds. The van der Waals surface area contributed by atoms with Crippen LogP contribution in [0.15, 0.2) is 158 Å². The maximum absolute atomic E-state index is 5.46. The highest BCUT2D eigenvalue weighted by Crippen LogP contribution is 2.41. The van der Waals surface area contributed by atoms with Crippen molar-refractivity contribution >= 4 is 81.7 Å². The number of benzene rings is 6. The van der Waals surface area contributed by atoms with Crippen molar-refractivity contribution in [3.63, 3.8) is 0 Å². The van der Waals surface area contributed by atoms with E-state index in [1.54, 1.807) is 0 Å². The average molecular weight is 599 g/mol. The first-order valence-corrected chi connectivity index (χ1v) is 16.1. The Morgan fingerprint density at radius 2 is 0.787 bits per heavy atom. The van der Waals surface area contributed by atoms with Gasteiger partial charge in [-0.15, -0.1) is 0 Å². The number of hydrogen-bond donors (Lipinski definition) is 0. The molecule has 0 saturated heterocycles. The van der Waals surface area contributed by atoms with Crippen LogP contribution in [0.3, 0.4) is 0 Å². The zero-order valence-corrected chi connectivity index (χ0v) is 25.3. The molecule has 47 heavy (non-hydrogen) atoms. The van der Waals surface area contributed by atoms with Crippen molar-refractivity contribution in [1.29, 1.82) is 0 Å². The third-order valence-corrected chi connectivity index (χ3v) is 9.99. The third-order valence-electron chi connectivity index (χ3n) is 9.99. The van der Waals surface area contributed by atoms with E-state index < -0.39 is 0 Å². The molecule has 0 unspecified atom stereocenters. The molecular weight excluding hydrogens is 573 g/mol. The fourth-order valence-corrected chi connectivity index (χ4v) is 8.09. The summed E-state index contributed by atoms with van der Waals surface area (Å²) in [5.41, 5.74) is 8.22. The van der Waals surface area contributed by atoms with Crippen LogP contribution < -0.4 is 0 Å². The first-order chi connectivity index (χ1) is 23.3. The Morgan fingerprint density at radius 3 is 1.43 bits per heavy atom. The predicted molar refractivity (Wildman–Crippen MR) is 196 cm³/mol. The Morgan fingerprint density at radius 1 is 0.319 bits per heavy atom. The summed E-state index contributed by atoms with van der Waals surface area (Å²) in [6.07, 6.45) is 0. The Kier molecular flexibility index (Phi) is 4.81. The van der Waals surface area contributed by atoms with Gasteiger partial charge in [-0.3, -0.25) is 9.13 Å². The number of hydrogen-bond acceptors (Lipinski definition) is 1. The monoisotopic (exact) mass is 598 g/mol. The molecule has 218 valence electrons. The first-order valence-electron chi connectivity index (χ1n) is 16.1. The summed E-state index contributed by atoms with van der Waals surface area (Å²) in [6.45, 7) is 0. The minimum absolute atomic E-state index is 0.892. The average Bonchev–Trinajstić information content (AvgIpc) is 3.80. The summed E-state index contributed by atoms with van der Waals surface area (Å²) < 4.78 is 7.15. The number of aromatic nitrogens is 4. The van der Waals surface area contributed by atoms with Gasteiger partial charge in [0.15, 0.2) is 0 Å². The van der Waals surface area contributed by atoms with Crippen LogP contribution in [0, 0.1) is 0 Å². The van der Waals surface area contributed by atoms with E-state index in [0.29, 0.717) is 0 Å². The van der Waals surface area contributed by atoms with Gasteiger partial charge < -0.3 is 4.40 Å². The van der Waals surface area contributed by atoms with Crippen molar-refractivity contribution in [1.82, 2.24) is 18.5 Å². The van der Waals surface area contributed by atoms with Crippen LogP contribution in [0.25, 0.3) is 93.3 Å². The highest BCUT2D eigenvalue weighted by molar-refractivity contribution is 6.22. The topological polar surface area (TPSA) is 27.2 Å². The molecule has 6 aromatic carbocycles. The molecule has 0 aliphatic heterocycles. The van der Waals surface area contributed by atoms with E-state index in [-0.39, 0.29) is 0 Å². The smallest absolute Gasteiger partial charge is 0.140 e. The fourth-order valence-electron chi connectivity index (χ4n) is 8.09. The summed E-state index contributed by atoms with van der Waals surface area (Å²) >= 11 is 0. The largest absolute Gasteiger partial charge is 0.307 e. The summed E-state index contributed by atoms with van der Waals surface area (Å²) in [5.74, 6) is 1.79. The molecule has 11 rings (SSSR count). The van der Waals surface area contributed by atoms with Crippen LogP contribution in [-0.4, -0.2) is 18.5 Å². The van der Waals surface area contributed by atoms with Gasteiger partial charge in [0.2, 0.25) is 0 Å². The zero-order chi connectivity index (χ0) is 30.6. The second-order valence-electron chi connectivity index (χ2n) is 12.4. The molecule has 0 aliphatic carbocycles. The Hall–Kier alpha value is -6.39. The SMILES string of the molecule is c1cc(-n2c3ccccc3c3ccccc32)nc(-n2c3ccccc3c3ccc4cc5c6ccccc6c6ccccc6n5c4c32)c1. The van der Waals surface area contributed by atoms with E-state index in [2.05, 4.69) is 171 Å². The molecule has 5 heterocycles. The van der Waals surface area contributed by atoms with Crippen LogP contribution in [0.1, 0.15) is 0 Å². The van der Waals surface area contributed by atoms with Crippen molar-refractivity contribution < 1.29 is 0 Å². The number of fused-ring (bicyclic) bond motifs is 15. The molecule has 11 aromatic rings. The van der Waals surface area contributed by atoms with Gasteiger partial charge in [0, 0.05) is 37.7 Å². The molecule has 4 heteroatoms. The Balaban J connectivity index is 1.31. The van der Waals surface area contributed by atoms with Gasteiger partial charge in [-0.1, -0.05) is 115 Å². The van der Waals surface area contributed by atoms with E-state index >= 15 is 0 Å². The van der Waals surface area contributed by atoms with Gasteiger partial charge in [0.05, 0.1) is 38.6 Å². The van der Waals surface area contributed by atoms with Gasteiger partial charge in [-0.05, 0) is 47.9 Å². The molecule has 0 aliphatic rings. The number of rotatable bonds is 2. The molecule has 0 bridgehead atoms. The van der Waals surface area contributed by atoms with E-state index in [1.807, 2.05) is 0 Å². The van der Waals surface area contributed by atoms with E-state index in [4.69, 9.17) is 4.98 Å². The van der Waals surface area contributed by atoms with Crippen molar-refractivity contribution in [3.05, 3.63) is 158 Å². The van der Waals surface area contributed by atoms with Gasteiger partial charge in [-0.25, -0.2) is 4.98 Å². The van der Waals surface area contributed by atoms with Crippen molar-refractivity contribution in [2.75, 3.05) is 0 Å². The third kappa shape index (κ3) is 3.23. The lowest BCUT2D eigenvalue weighted by atomic mass is 10.1. The number of pyridine rings is 2. The standard InChI is InChI=1S/C43H26N4/c1-2-14-30-28(12-1)29-13-3-9-20-37(29)46-39(30)26-27-24-25-34-33-17-6-10-21-38(33)47(43(34)42(27)46)41-23-11-22-40(44-41)45-35-18-7-4-15-31(35)32-16-5-8-19-36(32)45/h1-26H. The lowest BCUT2D eigenvalue weighted by Crippen LogP contribution is -2.03. The molecule has 0 spiro atoms. The summed E-state index contributed by atoms with van der Waals surface area (Å²) in [4.78, 5) is 5.46. The van der Waals surface area contributed by atoms with Gasteiger partial charge >= 0.3 is 0 Å². The van der Waals surface area contributed by atoms with Crippen LogP contribution in [0.2, 0.25) is 0 Å². The highest BCUT2D eigenvalue weighted by Gasteiger charge is 2.21. The second kappa shape index (κ2) is 9.09. The summed E-state index contributed by atoms with van der Waals surface area (Å²) in [5, 5.41) is 9.88. The maximum atomic E-state index is 5.46. The Labute approximate surface area is 268 Å². The van der Waals surface area contributed by atoms with Crippen LogP contribution in [-0.2, 0) is 0 Å². The fraction of sp³-hybridized carbons (Fsp3) is 0. The van der Waals surface area contributed by atoms with E-state index in [0.717, 1.165) is 33.7 Å². The predicted octanol–water partition coefficient (Wildman–Crippen LogP) is 11.0. The summed E-state index contributed by atoms with van der Waals surface area (Å²) in [6, 6.07) is 56.8. The van der Waals surface area contributed by atoms with Crippen molar-refractivity contribution in [2.45, 2.75) is 0 Å². The van der Waals surface area contributed by atoms with Gasteiger partial charge in [0.25, 0.3) is 0 Å². The minimum Gasteiger partial charge on any atom is -0.307 e. The lowest BCUT2D eigenvalue weighted by Gasteiger charge is -2.13. The quantitative estimate of drug-likeness (QED) is 0.182. The van der Waals surface area contributed by atoms with Crippen molar-refractivity contribution in [3.8, 4) is 11.6 Å². The second-order valence-corrected chi connectivity index (χ2v) is 12.4.